The molecular formula is C21H24FN5O4S. The van der Waals surface area contributed by atoms with Crippen molar-refractivity contribution in [3.05, 3.63) is 35.5 Å². The number of fused-ring (bicyclic) bond motifs is 3. The van der Waals surface area contributed by atoms with Crippen LogP contribution in [0.2, 0.25) is 0 Å². The average Bonchev–Trinajstić information content (AvgIpc) is 3.21. The highest BCUT2D eigenvalue weighted by atomic mass is 32.2. The molecule has 9 nitrogen and oxygen atoms in total. The van der Waals surface area contributed by atoms with Crippen molar-refractivity contribution in [2.24, 2.45) is 0 Å². The fraction of sp³-hybridized carbons (Fsp3) is 0.476. The number of nitrogens with one attached hydrogen (secondary N) is 2. The molecule has 1 aromatic heterocycles. The number of anilines is 2. The maximum atomic E-state index is 12.4. The lowest BCUT2D eigenvalue weighted by Gasteiger charge is -2.36. The van der Waals surface area contributed by atoms with E-state index in [-0.39, 0.29) is 30.1 Å². The van der Waals surface area contributed by atoms with Gasteiger partial charge in [0.2, 0.25) is 0 Å². The third kappa shape index (κ3) is 4.02. The number of sulfone groups is 1. The highest BCUT2D eigenvalue weighted by molar-refractivity contribution is 7.90. The van der Waals surface area contributed by atoms with Gasteiger partial charge in [-0.3, -0.25) is 0 Å². The first-order valence-corrected chi connectivity index (χ1v) is 12.4. The van der Waals surface area contributed by atoms with E-state index in [1.165, 1.54) is 0 Å². The lowest BCUT2D eigenvalue weighted by atomic mass is 10.1. The molecule has 2 saturated heterocycles. The van der Waals surface area contributed by atoms with Crippen LogP contribution in [-0.2, 0) is 26.1 Å². The van der Waals surface area contributed by atoms with E-state index in [1.54, 1.807) is 24.3 Å². The monoisotopic (exact) mass is 461 g/mol. The molecule has 4 heterocycles. The number of morpholine rings is 1. The molecular weight excluding hydrogens is 437 g/mol. The van der Waals surface area contributed by atoms with E-state index < -0.39 is 22.5 Å². The highest BCUT2D eigenvalue weighted by Gasteiger charge is 2.42. The van der Waals surface area contributed by atoms with E-state index in [4.69, 9.17) is 9.72 Å². The van der Waals surface area contributed by atoms with Crippen molar-refractivity contribution in [2.45, 2.75) is 36.4 Å². The van der Waals surface area contributed by atoms with Gasteiger partial charge in [-0.05, 0) is 37.1 Å². The van der Waals surface area contributed by atoms with Crippen molar-refractivity contribution in [1.29, 1.82) is 0 Å². The number of carbonyl (C=O) groups excluding carboxylic acids is 1. The largest absolute Gasteiger partial charge is 0.377 e. The number of aromatic nitrogens is 2. The summed E-state index contributed by atoms with van der Waals surface area (Å²) in [5.41, 5.74) is 2.52. The molecule has 3 aliphatic rings. The summed E-state index contributed by atoms with van der Waals surface area (Å²) in [6.07, 6.45) is 1.99. The number of hydrogen-bond donors (Lipinski definition) is 2. The minimum Gasteiger partial charge on any atom is -0.377 e. The number of alkyl halides is 1. The number of hydrogen-bond acceptors (Lipinski definition) is 7. The molecule has 2 unspecified atom stereocenters. The van der Waals surface area contributed by atoms with E-state index >= 15 is 0 Å². The fourth-order valence-corrected chi connectivity index (χ4v) is 6.11. The molecule has 32 heavy (non-hydrogen) atoms. The quantitative estimate of drug-likeness (QED) is 0.700. The minimum atomic E-state index is -3.25. The number of carbonyl (C=O) groups is 1. The second-order valence-corrected chi connectivity index (χ2v) is 10.4. The molecule has 0 aliphatic carbocycles. The van der Waals surface area contributed by atoms with E-state index in [1.807, 2.05) is 0 Å². The molecule has 0 saturated carbocycles. The Morgan fingerprint density at radius 3 is 2.53 bits per heavy atom. The summed E-state index contributed by atoms with van der Waals surface area (Å²) in [6, 6.07) is 6.85. The molecule has 2 amide bonds. The number of amides is 2. The van der Waals surface area contributed by atoms with Gasteiger partial charge in [-0.25, -0.2) is 27.6 Å². The van der Waals surface area contributed by atoms with E-state index in [9.17, 15) is 17.6 Å². The predicted octanol–water partition coefficient (Wildman–Crippen LogP) is 2.03. The summed E-state index contributed by atoms with van der Waals surface area (Å²) in [4.78, 5) is 23.4. The van der Waals surface area contributed by atoms with Crippen molar-refractivity contribution < 1.29 is 22.3 Å². The highest BCUT2D eigenvalue weighted by Crippen LogP contribution is 2.39. The number of nitrogens with zero attached hydrogens (tertiary/aromatic N) is 3. The van der Waals surface area contributed by atoms with Gasteiger partial charge in [-0.1, -0.05) is 0 Å². The molecule has 2 fully saturated rings. The first-order valence-electron chi connectivity index (χ1n) is 10.6. The van der Waals surface area contributed by atoms with Crippen molar-refractivity contribution in [2.75, 3.05) is 36.6 Å². The number of ether oxygens (including phenoxy) is 1. The van der Waals surface area contributed by atoms with Gasteiger partial charge in [0.05, 0.1) is 42.5 Å². The van der Waals surface area contributed by atoms with Crippen LogP contribution < -0.4 is 15.5 Å². The molecule has 2 N–H and O–H groups in total. The molecule has 1 aromatic carbocycles. The summed E-state index contributed by atoms with van der Waals surface area (Å²) in [6.45, 7) is 0.539. The summed E-state index contributed by atoms with van der Waals surface area (Å²) in [7, 11) is -3.25. The van der Waals surface area contributed by atoms with Gasteiger partial charge in [0.25, 0.3) is 0 Å². The standard InChI is InChI=1S/C21H24FN5O4S/c22-7-8-23-21(28)24-14-3-1-13(2-4-14)19-25-18-12-32(29,30)11-17(18)20(26-19)27-15-5-6-16(27)10-31-9-15/h1-4,15-16H,5-12H2,(H2,23,24,28). The lowest BCUT2D eigenvalue weighted by Crippen LogP contribution is -2.47. The van der Waals surface area contributed by atoms with E-state index in [0.717, 1.165) is 12.8 Å². The average molecular weight is 462 g/mol. The third-order valence-electron chi connectivity index (χ3n) is 6.06. The van der Waals surface area contributed by atoms with Crippen LogP contribution in [0.25, 0.3) is 11.4 Å². The summed E-state index contributed by atoms with van der Waals surface area (Å²) in [5.74, 6) is 1.04. The molecule has 11 heteroatoms. The lowest BCUT2D eigenvalue weighted by molar-refractivity contribution is 0.0901. The van der Waals surface area contributed by atoms with Gasteiger partial charge in [0.1, 0.15) is 12.5 Å². The van der Waals surface area contributed by atoms with Gasteiger partial charge in [0, 0.05) is 23.4 Å². The predicted molar refractivity (Wildman–Crippen MR) is 117 cm³/mol. The first-order chi connectivity index (χ1) is 15.4. The molecule has 2 aromatic rings. The topological polar surface area (TPSA) is 114 Å². The normalized spacial score (nSPS) is 23.1. The van der Waals surface area contributed by atoms with Gasteiger partial charge in [0.15, 0.2) is 15.7 Å². The maximum absolute atomic E-state index is 12.4. The van der Waals surface area contributed by atoms with Crippen LogP contribution in [-0.4, -0.2) is 62.9 Å². The Kier molecular flexibility index (Phi) is 5.46. The van der Waals surface area contributed by atoms with Crippen LogP contribution in [0.1, 0.15) is 24.1 Å². The maximum Gasteiger partial charge on any atom is 0.319 e. The van der Waals surface area contributed by atoms with Gasteiger partial charge < -0.3 is 20.3 Å². The van der Waals surface area contributed by atoms with Crippen LogP contribution in [0.3, 0.4) is 0 Å². The number of benzene rings is 1. The molecule has 0 radical (unpaired) electrons. The second-order valence-electron chi connectivity index (χ2n) is 8.31. The van der Waals surface area contributed by atoms with Crippen LogP contribution in [0.5, 0.6) is 0 Å². The molecule has 170 valence electrons. The van der Waals surface area contributed by atoms with Crippen molar-refractivity contribution in [1.82, 2.24) is 15.3 Å². The zero-order valence-electron chi connectivity index (χ0n) is 17.4. The molecule has 2 bridgehead atoms. The molecule has 2 atom stereocenters. The SMILES string of the molecule is O=C(NCCF)Nc1ccc(-c2nc3c(c(N4C5CCC4COC5)n2)CS(=O)(=O)C3)cc1. The van der Waals surface area contributed by atoms with Crippen molar-refractivity contribution in [3.63, 3.8) is 0 Å². The molecule has 3 aliphatic heterocycles. The van der Waals surface area contributed by atoms with Crippen LogP contribution in [0.15, 0.2) is 24.3 Å². The minimum absolute atomic E-state index is 0.0361. The zero-order valence-corrected chi connectivity index (χ0v) is 18.2. The first kappa shape index (κ1) is 21.1. The Hall–Kier alpha value is -2.79. The number of rotatable bonds is 5. The van der Waals surface area contributed by atoms with Crippen LogP contribution in [0.4, 0.5) is 20.7 Å². The third-order valence-corrected chi connectivity index (χ3v) is 7.50. The number of halogens is 1. The summed E-state index contributed by atoms with van der Waals surface area (Å²) >= 11 is 0. The summed E-state index contributed by atoms with van der Waals surface area (Å²) < 4.78 is 42.7. The number of urea groups is 1. The Morgan fingerprint density at radius 1 is 1.12 bits per heavy atom. The zero-order chi connectivity index (χ0) is 22.3. The second kappa shape index (κ2) is 8.28. The Bertz CT molecular complexity index is 1130. The Balaban J connectivity index is 1.47. The van der Waals surface area contributed by atoms with Crippen molar-refractivity contribution >= 4 is 27.4 Å². The van der Waals surface area contributed by atoms with E-state index in [0.29, 0.717) is 47.4 Å². The van der Waals surface area contributed by atoms with Gasteiger partial charge in [-0.2, -0.15) is 0 Å². The van der Waals surface area contributed by atoms with Crippen LogP contribution in [0, 0.1) is 0 Å². The Morgan fingerprint density at radius 2 is 1.84 bits per heavy atom. The van der Waals surface area contributed by atoms with E-state index in [2.05, 4.69) is 20.5 Å². The fourth-order valence-electron chi connectivity index (χ4n) is 4.62. The van der Waals surface area contributed by atoms with Crippen molar-refractivity contribution in [3.8, 4) is 11.4 Å². The Labute approximate surface area is 185 Å². The molecule has 5 rings (SSSR count). The molecule has 0 spiro atoms. The van der Waals surface area contributed by atoms with Gasteiger partial charge >= 0.3 is 6.03 Å². The smallest absolute Gasteiger partial charge is 0.319 e. The van der Waals surface area contributed by atoms with Gasteiger partial charge in [-0.15, -0.1) is 0 Å². The summed E-state index contributed by atoms with van der Waals surface area (Å²) in [5, 5.41) is 5.03. The van der Waals surface area contributed by atoms with Crippen LogP contribution >= 0.6 is 0 Å².